The molecule has 1 saturated heterocycles. The second-order valence-corrected chi connectivity index (χ2v) is 8.43. The van der Waals surface area contributed by atoms with E-state index in [9.17, 15) is 4.79 Å². The number of piperidine rings is 1. The molecular weight excluding hydrogens is 414 g/mol. The van der Waals surface area contributed by atoms with Gasteiger partial charge in [0.25, 0.3) is 5.91 Å². The van der Waals surface area contributed by atoms with Gasteiger partial charge in [-0.2, -0.15) is 0 Å². The molecule has 1 aliphatic heterocycles. The number of carbonyl (C=O) groups is 1. The largest absolute Gasteiger partial charge is 0.488 e. The number of amides is 1. The number of halogens is 1. The first-order valence-corrected chi connectivity index (χ1v) is 11.0. The fraction of sp³-hybridized carbons (Fsp3) is 0.348. The maximum atomic E-state index is 12.2. The fourth-order valence-corrected chi connectivity index (χ4v) is 3.84. The molecule has 2 fully saturated rings. The number of benzene rings is 2. The monoisotopic (exact) mass is 437 g/mol. The average molecular weight is 438 g/mol. The highest BCUT2D eigenvalue weighted by molar-refractivity contribution is 6.35. The minimum Gasteiger partial charge on any atom is -0.488 e. The number of anilines is 2. The molecule has 8 heteroatoms. The van der Waals surface area contributed by atoms with Gasteiger partial charge in [-0.1, -0.05) is 11.6 Å². The van der Waals surface area contributed by atoms with Crippen molar-refractivity contribution in [2.75, 3.05) is 18.4 Å². The first-order chi connectivity index (χ1) is 15.2. The highest BCUT2D eigenvalue weighted by atomic mass is 35.5. The van der Waals surface area contributed by atoms with Crippen LogP contribution in [0, 0.1) is 0 Å². The van der Waals surface area contributed by atoms with Gasteiger partial charge < -0.3 is 20.7 Å². The Morgan fingerprint density at radius 2 is 1.84 bits per heavy atom. The van der Waals surface area contributed by atoms with E-state index in [-0.39, 0.29) is 12.0 Å². The molecule has 0 radical (unpaired) electrons. The zero-order valence-electron chi connectivity index (χ0n) is 17.0. The van der Waals surface area contributed by atoms with Crippen LogP contribution >= 0.6 is 11.6 Å². The van der Waals surface area contributed by atoms with Crippen molar-refractivity contribution in [2.45, 2.75) is 37.8 Å². The number of nitrogens with zero attached hydrogens (tertiary/aromatic N) is 2. The molecule has 3 aromatic rings. The normalized spacial score (nSPS) is 16.8. The van der Waals surface area contributed by atoms with E-state index in [4.69, 9.17) is 16.3 Å². The third-order valence-corrected chi connectivity index (χ3v) is 5.89. The number of rotatable bonds is 6. The van der Waals surface area contributed by atoms with Gasteiger partial charge in [-0.05, 0) is 75.2 Å². The van der Waals surface area contributed by atoms with Gasteiger partial charge in [0.2, 0.25) is 5.95 Å². The van der Waals surface area contributed by atoms with Crippen molar-refractivity contribution in [2.24, 2.45) is 0 Å². The molecule has 1 aliphatic carbocycles. The van der Waals surface area contributed by atoms with Gasteiger partial charge in [-0.25, -0.2) is 9.97 Å². The van der Waals surface area contributed by atoms with E-state index in [1.807, 2.05) is 24.3 Å². The number of fused-ring (bicyclic) bond motifs is 1. The summed E-state index contributed by atoms with van der Waals surface area (Å²) in [7, 11) is 0. The van der Waals surface area contributed by atoms with Crippen molar-refractivity contribution in [3.63, 3.8) is 0 Å². The van der Waals surface area contributed by atoms with Crippen molar-refractivity contribution in [3.8, 4) is 5.75 Å². The summed E-state index contributed by atoms with van der Waals surface area (Å²) in [6.45, 7) is 1.90. The zero-order valence-corrected chi connectivity index (χ0v) is 17.8. The summed E-state index contributed by atoms with van der Waals surface area (Å²) in [5.41, 5.74) is 2.12. The van der Waals surface area contributed by atoms with Crippen molar-refractivity contribution >= 4 is 40.0 Å². The highest BCUT2D eigenvalue weighted by Gasteiger charge is 2.23. The molecule has 0 spiro atoms. The quantitative estimate of drug-likeness (QED) is 0.539. The van der Waals surface area contributed by atoms with Crippen LogP contribution in [0.2, 0.25) is 5.02 Å². The molecular formula is C23H24ClN5O2. The van der Waals surface area contributed by atoms with E-state index in [1.165, 1.54) is 0 Å². The van der Waals surface area contributed by atoms with Crippen molar-refractivity contribution in [1.29, 1.82) is 0 Å². The van der Waals surface area contributed by atoms with Gasteiger partial charge in [0.15, 0.2) is 0 Å². The molecule has 2 heterocycles. The van der Waals surface area contributed by atoms with Crippen molar-refractivity contribution in [3.05, 3.63) is 53.2 Å². The zero-order chi connectivity index (χ0) is 21.2. The summed E-state index contributed by atoms with van der Waals surface area (Å²) in [6.07, 6.45) is 5.92. The topological polar surface area (TPSA) is 88.2 Å². The Hall–Kier alpha value is -2.90. The standard InChI is InChI=1S/C23H24ClN5O2/c24-19-7-8-20(31-17-9-11-25-12-10-17)21-18(19)13-26-23(29-21)28-16-3-1-14(2-4-16)22(30)27-15-5-6-15/h1-4,7-8,13,15,17,25H,5-6,9-12H2,(H,27,30)(H,26,28,29). The maximum absolute atomic E-state index is 12.2. The van der Waals surface area contributed by atoms with Crippen LogP contribution in [0.25, 0.3) is 10.9 Å². The lowest BCUT2D eigenvalue weighted by atomic mass is 10.1. The first-order valence-electron chi connectivity index (χ1n) is 10.7. The number of nitrogens with one attached hydrogen (secondary N) is 3. The number of hydrogen-bond donors (Lipinski definition) is 3. The molecule has 160 valence electrons. The Kier molecular flexibility index (Phi) is 5.61. The van der Waals surface area contributed by atoms with E-state index in [2.05, 4.69) is 25.9 Å². The van der Waals surface area contributed by atoms with Crippen LogP contribution in [0.3, 0.4) is 0 Å². The van der Waals surface area contributed by atoms with E-state index in [0.717, 1.165) is 49.8 Å². The predicted molar refractivity (Wildman–Crippen MR) is 121 cm³/mol. The minimum atomic E-state index is -0.0367. The molecule has 1 aromatic heterocycles. The van der Waals surface area contributed by atoms with Crippen LogP contribution in [-0.4, -0.2) is 41.1 Å². The summed E-state index contributed by atoms with van der Waals surface area (Å²) >= 11 is 6.37. The third-order valence-electron chi connectivity index (χ3n) is 5.56. The van der Waals surface area contributed by atoms with Gasteiger partial charge in [0.05, 0.1) is 5.02 Å². The van der Waals surface area contributed by atoms with E-state index in [0.29, 0.717) is 33.8 Å². The molecule has 0 atom stereocenters. The Labute approximate surface area is 185 Å². The molecule has 5 rings (SSSR count). The van der Waals surface area contributed by atoms with Crippen LogP contribution in [-0.2, 0) is 0 Å². The average Bonchev–Trinajstić information content (AvgIpc) is 3.61. The molecule has 1 saturated carbocycles. The lowest BCUT2D eigenvalue weighted by molar-refractivity contribution is 0.0951. The van der Waals surface area contributed by atoms with Gasteiger partial charge in [-0.3, -0.25) is 4.79 Å². The maximum Gasteiger partial charge on any atom is 0.251 e. The molecule has 2 aromatic carbocycles. The Morgan fingerprint density at radius 3 is 2.58 bits per heavy atom. The molecule has 2 aliphatic rings. The summed E-state index contributed by atoms with van der Waals surface area (Å²) in [5.74, 6) is 1.12. The summed E-state index contributed by atoms with van der Waals surface area (Å²) in [4.78, 5) is 21.2. The van der Waals surface area contributed by atoms with Gasteiger partial charge in [0.1, 0.15) is 17.4 Å². The molecule has 1 amide bonds. The summed E-state index contributed by atoms with van der Waals surface area (Å²) in [5, 5.41) is 10.9. The number of aromatic nitrogens is 2. The SMILES string of the molecule is O=C(NC1CC1)c1ccc(Nc2ncc3c(Cl)ccc(OC4CCNCC4)c3n2)cc1. The van der Waals surface area contributed by atoms with Crippen LogP contribution in [0.1, 0.15) is 36.0 Å². The molecule has 3 N–H and O–H groups in total. The highest BCUT2D eigenvalue weighted by Crippen LogP contribution is 2.32. The number of carbonyl (C=O) groups excluding carboxylic acids is 1. The van der Waals surface area contributed by atoms with Crippen LogP contribution in [0.4, 0.5) is 11.6 Å². The second kappa shape index (κ2) is 8.69. The molecule has 31 heavy (non-hydrogen) atoms. The number of hydrogen-bond acceptors (Lipinski definition) is 6. The molecule has 0 bridgehead atoms. The predicted octanol–water partition coefficient (Wildman–Crippen LogP) is 4.05. The second-order valence-electron chi connectivity index (χ2n) is 8.02. The Balaban J connectivity index is 1.35. The van der Waals surface area contributed by atoms with Gasteiger partial charge in [0, 0.05) is 28.9 Å². The van der Waals surface area contributed by atoms with Crippen LogP contribution < -0.4 is 20.7 Å². The van der Waals surface area contributed by atoms with Crippen LogP contribution in [0.5, 0.6) is 5.75 Å². The van der Waals surface area contributed by atoms with Crippen LogP contribution in [0.15, 0.2) is 42.6 Å². The smallest absolute Gasteiger partial charge is 0.251 e. The van der Waals surface area contributed by atoms with Crippen molar-refractivity contribution < 1.29 is 9.53 Å². The van der Waals surface area contributed by atoms with Crippen molar-refractivity contribution in [1.82, 2.24) is 20.6 Å². The van der Waals surface area contributed by atoms with E-state index < -0.39 is 0 Å². The Morgan fingerprint density at radius 1 is 1.06 bits per heavy atom. The van der Waals surface area contributed by atoms with E-state index in [1.54, 1.807) is 18.3 Å². The summed E-state index contributed by atoms with van der Waals surface area (Å²) < 4.78 is 6.25. The Bertz CT molecular complexity index is 1100. The lowest BCUT2D eigenvalue weighted by Crippen LogP contribution is -2.34. The van der Waals surface area contributed by atoms with Gasteiger partial charge in [-0.15, -0.1) is 0 Å². The summed E-state index contributed by atoms with van der Waals surface area (Å²) in [6, 6.07) is 11.3. The van der Waals surface area contributed by atoms with Gasteiger partial charge >= 0.3 is 0 Å². The van der Waals surface area contributed by atoms with E-state index >= 15 is 0 Å². The first kappa shape index (κ1) is 20.0. The molecule has 7 nitrogen and oxygen atoms in total. The third kappa shape index (κ3) is 4.73. The minimum absolute atomic E-state index is 0.0367. The lowest BCUT2D eigenvalue weighted by Gasteiger charge is -2.24. The molecule has 0 unspecified atom stereocenters. The fourth-order valence-electron chi connectivity index (χ4n) is 3.64. The number of ether oxygens (including phenoxy) is 1.